The fraction of sp³-hybridized carbons (Fsp3) is 0.111. The van der Waals surface area contributed by atoms with Crippen LogP contribution >= 0.6 is 0 Å². The van der Waals surface area contributed by atoms with Gasteiger partial charge in [-0.2, -0.15) is 13.2 Å². The lowest BCUT2D eigenvalue weighted by Crippen LogP contribution is -2.40. The molecule has 3 aromatic rings. The van der Waals surface area contributed by atoms with E-state index in [2.05, 4.69) is 0 Å². The van der Waals surface area contributed by atoms with Crippen LogP contribution in [-0.4, -0.2) is 9.13 Å². The number of benzene rings is 2. The van der Waals surface area contributed by atoms with Gasteiger partial charge < -0.3 is 4.57 Å². The van der Waals surface area contributed by atoms with Gasteiger partial charge in [-0.15, -0.1) is 0 Å². The second-order valence-electron chi connectivity index (χ2n) is 5.70. The van der Waals surface area contributed by atoms with Crippen molar-refractivity contribution < 1.29 is 22.0 Å². The average Bonchev–Trinajstić information content (AvgIpc) is 2.61. The maximum absolute atomic E-state index is 13.3. The standard InChI is InChI=1S/C18H11F5N2O2/c19-14-5-4-13(9-15(14)20)25-7-6-24(16(26)17(25)27)10-11-2-1-3-12(8-11)18(21,22)23/h1-9H,10H2. The molecule has 1 heterocycles. The van der Waals surface area contributed by atoms with Crippen LogP contribution in [-0.2, 0) is 12.7 Å². The zero-order valence-corrected chi connectivity index (χ0v) is 13.5. The van der Waals surface area contributed by atoms with Crippen molar-refractivity contribution in [3.05, 3.63) is 98.3 Å². The topological polar surface area (TPSA) is 44.0 Å². The van der Waals surface area contributed by atoms with Gasteiger partial charge in [-0.25, -0.2) is 8.78 Å². The third-order valence-electron chi connectivity index (χ3n) is 3.85. The van der Waals surface area contributed by atoms with Gasteiger partial charge in [-0.05, 0) is 29.8 Å². The Morgan fingerprint density at radius 1 is 0.852 bits per heavy atom. The normalized spacial score (nSPS) is 11.6. The first kappa shape index (κ1) is 18.6. The first-order chi connectivity index (χ1) is 12.7. The molecule has 2 aromatic carbocycles. The Bertz CT molecular complexity index is 1120. The molecule has 0 radical (unpaired) electrons. The van der Waals surface area contributed by atoms with Crippen molar-refractivity contribution >= 4 is 0 Å². The smallest absolute Gasteiger partial charge is 0.305 e. The van der Waals surface area contributed by atoms with Crippen molar-refractivity contribution in [2.45, 2.75) is 12.7 Å². The molecule has 0 fully saturated rings. The Kier molecular flexibility index (Phi) is 4.69. The summed E-state index contributed by atoms with van der Waals surface area (Å²) in [6.45, 7) is -0.253. The molecule has 0 aliphatic heterocycles. The molecule has 0 saturated carbocycles. The predicted octanol–water partition coefficient (Wildman–Crippen LogP) is 3.34. The van der Waals surface area contributed by atoms with E-state index in [4.69, 9.17) is 0 Å². The Labute approximate surface area is 148 Å². The Morgan fingerprint density at radius 3 is 2.26 bits per heavy atom. The van der Waals surface area contributed by atoms with Crippen molar-refractivity contribution in [2.24, 2.45) is 0 Å². The van der Waals surface area contributed by atoms with Gasteiger partial charge in [0.2, 0.25) is 0 Å². The number of halogens is 5. The summed E-state index contributed by atoms with van der Waals surface area (Å²) in [4.78, 5) is 24.5. The van der Waals surface area contributed by atoms with E-state index in [0.29, 0.717) is 0 Å². The average molecular weight is 382 g/mol. The highest BCUT2D eigenvalue weighted by Crippen LogP contribution is 2.29. The summed E-state index contributed by atoms with van der Waals surface area (Å²) in [5, 5.41) is 0. The van der Waals surface area contributed by atoms with Crippen molar-refractivity contribution in [3.63, 3.8) is 0 Å². The lowest BCUT2D eigenvalue weighted by atomic mass is 10.1. The molecule has 9 heteroatoms. The summed E-state index contributed by atoms with van der Waals surface area (Å²) in [7, 11) is 0. The van der Waals surface area contributed by atoms with Gasteiger partial charge in [0.25, 0.3) is 0 Å². The lowest BCUT2D eigenvalue weighted by molar-refractivity contribution is -0.137. The van der Waals surface area contributed by atoms with Gasteiger partial charge in [-0.1, -0.05) is 12.1 Å². The molecule has 3 rings (SSSR count). The Balaban J connectivity index is 1.98. The molecule has 0 N–H and O–H groups in total. The highest BCUT2D eigenvalue weighted by atomic mass is 19.4. The molecule has 0 bridgehead atoms. The second-order valence-corrected chi connectivity index (χ2v) is 5.70. The van der Waals surface area contributed by atoms with E-state index in [1.165, 1.54) is 18.3 Å². The number of alkyl halides is 3. The molecule has 4 nitrogen and oxygen atoms in total. The number of nitrogens with zero attached hydrogens (tertiary/aromatic N) is 2. The maximum Gasteiger partial charge on any atom is 0.416 e. The van der Waals surface area contributed by atoms with Gasteiger partial charge >= 0.3 is 17.3 Å². The predicted molar refractivity (Wildman–Crippen MR) is 86.8 cm³/mol. The van der Waals surface area contributed by atoms with Gasteiger partial charge in [0.1, 0.15) is 0 Å². The Morgan fingerprint density at radius 2 is 1.59 bits per heavy atom. The monoisotopic (exact) mass is 382 g/mol. The van der Waals surface area contributed by atoms with Gasteiger partial charge in [0.05, 0.1) is 17.8 Å². The van der Waals surface area contributed by atoms with E-state index >= 15 is 0 Å². The van der Waals surface area contributed by atoms with Crippen LogP contribution in [0.2, 0.25) is 0 Å². The third kappa shape index (κ3) is 3.81. The molecule has 0 saturated heterocycles. The highest BCUT2D eigenvalue weighted by Gasteiger charge is 2.30. The van der Waals surface area contributed by atoms with E-state index in [1.807, 2.05) is 0 Å². The fourth-order valence-electron chi connectivity index (χ4n) is 2.51. The van der Waals surface area contributed by atoms with E-state index < -0.39 is 34.5 Å². The maximum atomic E-state index is 13.3. The summed E-state index contributed by atoms with van der Waals surface area (Å²) in [5.74, 6) is -2.29. The summed E-state index contributed by atoms with van der Waals surface area (Å²) in [6.07, 6.45) is -2.19. The molecular weight excluding hydrogens is 371 g/mol. The van der Waals surface area contributed by atoms with Crippen LogP contribution in [0.15, 0.2) is 64.4 Å². The number of aromatic nitrogens is 2. The number of rotatable bonds is 3. The molecular formula is C18H11F5N2O2. The summed E-state index contributed by atoms with van der Waals surface area (Å²) < 4.78 is 66.4. The minimum atomic E-state index is -4.53. The largest absolute Gasteiger partial charge is 0.416 e. The number of hydrogen-bond acceptors (Lipinski definition) is 2. The lowest BCUT2D eigenvalue weighted by Gasteiger charge is -2.11. The first-order valence-corrected chi connectivity index (χ1v) is 7.60. The zero-order chi connectivity index (χ0) is 19.8. The molecule has 0 spiro atoms. The van der Waals surface area contributed by atoms with Crippen LogP contribution in [0.1, 0.15) is 11.1 Å². The molecule has 0 amide bonds. The van der Waals surface area contributed by atoms with E-state index in [9.17, 15) is 31.5 Å². The van der Waals surface area contributed by atoms with Crippen molar-refractivity contribution in [3.8, 4) is 5.69 Å². The van der Waals surface area contributed by atoms with Gasteiger partial charge in [0.15, 0.2) is 11.6 Å². The van der Waals surface area contributed by atoms with E-state index in [0.717, 1.165) is 45.7 Å². The van der Waals surface area contributed by atoms with Crippen LogP contribution in [0.5, 0.6) is 0 Å². The summed E-state index contributed by atoms with van der Waals surface area (Å²) in [6, 6.07) is 7.06. The van der Waals surface area contributed by atoms with Crippen LogP contribution in [0.25, 0.3) is 5.69 Å². The van der Waals surface area contributed by atoms with E-state index in [1.54, 1.807) is 0 Å². The molecule has 0 unspecified atom stereocenters. The van der Waals surface area contributed by atoms with Crippen LogP contribution in [0.3, 0.4) is 0 Å². The molecule has 0 aliphatic carbocycles. The zero-order valence-electron chi connectivity index (χ0n) is 13.5. The van der Waals surface area contributed by atoms with Crippen LogP contribution in [0.4, 0.5) is 22.0 Å². The third-order valence-corrected chi connectivity index (χ3v) is 3.85. The SMILES string of the molecule is O=c1c(=O)n(-c2ccc(F)c(F)c2)ccn1Cc1cccc(C(F)(F)F)c1. The van der Waals surface area contributed by atoms with Gasteiger partial charge in [0, 0.05) is 18.5 Å². The van der Waals surface area contributed by atoms with Gasteiger partial charge in [-0.3, -0.25) is 14.2 Å². The quantitative estimate of drug-likeness (QED) is 0.515. The van der Waals surface area contributed by atoms with Crippen molar-refractivity contribution in [2.75, 3.05) is 0 Å². The fourth-order valence-corrected chi connectivity index (χ4v) is 2.51. The van der Waals surface area contributed by atoms with Crippen molar-refractivity contribution in [1.82, 2.24) is 9.13 Å². The summed E-state index contributed by atoms with van der Waals surface area (Å²) in [5.41, 5.74) is -2.81. The molecule has 27 heavy (non-hydrogen) atoms. The summed E-state index contributed by atoms with van der Waals surface area (Å²) >= 11 is 0. The molecule has 1 aromatic heterocycles. The van der Waals surface area contributed by atoms with Crippen LogP contribution < -0.4 is 11.1 Å². The number of hydrogen-bond donors (Lipinski definition) is 0. The molecule has 0 atom stereocenters. The molecule has 140 valence electrons. The second kappa shape index (κ2) is 6.82. The molecule has 0 aliphatic rings. The van der Waals surface area contributed by atoms with Crippen molar-refractivity contribution in [1.29, 1.82) is 0 Å². The van der Waals surface area contributed by atoms with E-state index in [-0.39, 0.29) is 17.8 Å². The minimum Gasteiger partial charge on any atom is -0.305 e. The Hall–Kier alpha value is -3.23. The minimum absolute atomic E-state index is 0.0535. The van der Waals surface area contributed by atoms with Crippen LogP contribution in [0, 0.1) is 11.6 Å². The first-order valence-electron chi connectivity index (χ1n) is 7.60. The highest BCUT2D eigenvalue weighted by molar-refractivity contribution is 5.33.